The molecule has 0 heterocycles. The van der Waals surface area contributed by atoms with E-state index in [9.17, 15) is 4.79 Å². The monoisotopic (exact) mass is 226 g/mol. The van der Waals surface area contributed by atoms with Gasteiger partial charge in [0.25, 0.3) is 0 Å². The summed E-state index contributed by atoms with van der Waals surface area (Å²) in [4.78, 5) is 12.2. The number of rotatable bonds is 2. The van der Waals surface area contributed by atoms with Crippen molar-refractivity contribution in [1.82, 2.24) is 10.6 Å². The van der Waals surface area contributed by atoms with Gasteiger partial charge in [0, 0.05) is 11.1 Å². The fourth-order valence-electron chi connectivity index (χ4n) is 2.51. The largest absolute Gasteiger partial charge is 0.351 e. The molecule has 2 N–H and O–H groups in total. The summed E-state index contributed by atoms with van der Waals surface area (Å²) in [5, 5.41) is 6.44. The maximum Gasteiger partial charge on any atom is 0.225 e. The van der Waals surface area contributed by atoms with E-state index in [0.29, 0.717) is 0 Å². The van der Waals surface area contributed by atoms with Crippen molar-refractivity contribution in [1.29, 1.82) is 0 Å². The minimum atomic E-state index is -0.136. The quantitative estimate of drug-likeness (QED) is 0.757. The number of hydrogen-bond donors (Lipinski definition) is 2. The van der Waals surface area contributed by atoms with Gasteiger partial charge in [-0.05, 0) is 47.6 Å². The Morgan fingerprint density at radius 1 is 1.31 bits per heavy atom. The number of carbonyl (C=O) groups is 1. The Labute approximate surface area is 99.4 Å². The summed E-state index contributed by atoms with van der Waals surface area (Å²) < 4.78 is 0. The predicted octanol–water partition coefficient (Wildman–Crippen LogP) is 2.07. The van der Waals surface area contributed by atoms with Crippen molar-refractivity contribution >= 4 is 5.91 Å². The van der Waals surface area contributed by atoms with Crippen molar-refractivity contribution in [3.05, 3.63) is 0 Å². The van der Waals surface area contributed by atoms with Crippen LogP contribution in [0.3, 0.4) is 0 Å². The molecule has 0 spiro atoms. The Morgan fingerprint density at radius 2 is 1.94 bits per heavy atom. The van der Waals surface area contributed by atoms with Crippen LogP contribution in [0.15, 0.2) is 0 Å². The molecule has 1 saturated carbocycles. The summed E-state index contributed by atoms with van der Waals surface area (Å²) in [5.74, 6) is 0.300. The summed E-state index contributed by atoms with van der Waals surface area (Å²) in [6.07, 6.45) is 4.47. The number of carbonyl (C=O) groups excluding carboxylic acids is 1. The summed E-state index contributed by atoms with van der Waals surface area (Å²) >= 11 is 0. The number of amides is 1. The van der Waals surface area contributed by atoms with Crippen molar-refractivity contribution < 1.29 is 4.79 Å². The van der Waals surface area contributed by atoms with Gasteiger partial charge in [-0.15, -0.1) is 0 Å². The SMILES string of the molecule is CNC1(C)CCCCC1C(=O)NC(C)(C)C. The van der Waals surface area contributed by atoms with E-state index in [4.69, 9.17) is 0 Å². The van der Waals surface area contributed by atoms with E-state index in [-0.39, 0.29) is 22.9 Å². The van der Waals surface area contributed by atoms with Crippen molar-refractivity contribution in [3.63, 3.8) is 0 Å². The van der Waals surface area contributed by atoms with Crippen molar-refractivity contribution in [2.45, 2.75) is 64.5 Å². The lowest BCUT2D eigenvalue weighted by atomic mass is 9.73. The zero-order valence-electron chi connectivity index (χ0n) is 11.3. The standard InChI is InChI=1S/C13H26N2O/c1-12(2,3)15-11(16)10-8-6-7-9-13(10,4)14-5/h10,14H,6-9H2,1-5H3,(H,15,16). The molecule has 1 aliphatic rings. The summed E-state index contributed by atoms with van der Waals surface area (Å²) in [6.45, 7) is 8.26. The Morgan fingerprint density at radius 3 is 2.44 bits per heavy atom. The summed E-state index contributed by atoms with van der Waals surface area (Å²) in [5.41, 5.74) is -0.170. The lowest BCUT2D eigenvalue weighted by Crippen LogP contribution is -2.56. The zero-order chi connectivity index (χ0) is 12.4. The molecule has 0 aromatic carbocycles. The van der Waals surface area contributed by atoms with Crippen LogP contribution in [0.1, 0.15) is 53.4 Å². The van der Waals surface area contributed by atoms with Crippen LogP contribution in [-0.2, 0) is 4.79 Å². The average molecular weight is 226 g/mol. The normalized spacial score (nSPS) is 31.2. The Hall–Kier alpha value is -0.570. The molecular formula is C13H26N2O. The van der Waals surface area contributed by atoms with Crippen LogP contribution in [0, 0.1) is 5.92 Å². The van der Waals surface area contributed by atoms with Crippen LogP contribution in [0.25, 0.3) is 0 Å². The first-order chi connectivity index (χ1) is 7.28. The van der Waals surface area contributed by atoms with Gasteiger partial charge in [0.1, 0.15) is 0 Å². The van der Waals surface area contributed by atoms with Crippen molar-refractivity contribution in [2.75, 3.05) is 7.05 Å². The predicted molar refractivity (Wildman–Crippen MR) is 67.3 cm³/mol. The minimum absolute atomic E-state index is 0.0341. The first-order valence-corrected chi connectivity index (χ1v) is 6.29. The van der Waals surface area contributed by atoms with E-state index in [1.165, 1.54) is 12.8 Å². The molecular weight excluding hydrogens is 200 g/mol. The fraction of sp³-hybridized carbons (Fsp3) is 0.923. The molecule has 0 aromatic heterocycles. The average Bonchev–Trinajstić information content (AvgIpc) is 2.15. The third-order valence-corrected chi connectivity index (χ3v) is 3.59. The minimum Gasteiger partial charge on any atom is -0.351 e. The Kier molecular flexibility index (Phi) is 4.00. The highest BCUT2D eigenvalue weighted by molar-refractivity contribution is 5.80. The van der Waals surface area contributed by atoms with Crippen LogP contribution in [0.4, 0.5) is 0 Å². The molecule has 0 bridgehead atoms. The Bertz CT molecular complexity index is 257. The molecule has 0 aliphatic heterocycles. The molecule has 0 aromatic rings. The highest BCUT2D eigenvalue weighted by Gasteiger charge is 2.40. The van der Waals surface area contributed by atoms with Crippen LogP contribution in [0.5, 0.6) is 0 Å². The second kappa shape index (κ2) is 4.74. The molecule has 3 nitrogen and oxygen atoms in total. The first-order valence-electron chi connectivity index (χ1n) is 6.29. The zero-order valence-corrected chi connectivity index (χ0v) is 11.3. The van der Waals surface area contributed by atoms with Crippen molar-refractivity contribution in [2.24, 2.45) is 5.92 Å². The van der Waals surface area contributed by atoms with Gasteiger partial charge in [-0.1, -0.05) is 12.8 Å². The molecule has 1 aliphatic carbocycles. The number of nitrogens with one attached hydrogen (secondary N) is 2. The molecule has 2 unspecified atom stereocenters. The van der Waals surface area contributed by atoms with E-state index in [2.05, 4.69) is 17.6 Å². The van der Waals surface area contributed by atoms with Gasteiger partial charge in [-0.3, -0.25) is 4.79 Å². The summed E-state index contributed by atoms with van der Waals surface area (Å²) in [7, 11) is 1.96. The molecule has 0 radical (unpaired) electrons. The van der Waals surface area contributed by atoms with Gasteiger partial charge in [-0.25, -0.2) is 0 Å². The van der Waals surface area contributed by atoms with Gasteiger partial charge < -0.3 is 10.6 Å². The number of hydrogen-bond acceptors (Lipinski definition) is 2. The smallest absolute Gasteiger partial charge is 0.225 e. The Balaban J connectivity index is 2.72. The van der Waals surface area contributed by atoms with Gasteiger partial charge in [-0.2, -0.15) is 0 Å². The van der Waals surface area contributed by atoms with Crippen LogP contribution >= 0.6 is 0 Å². The second-order valence-corrected chi connectivity index (χ2v) is 6.21. The van der Waals surface area contributed by atoms with Gasteiger partial charge >= 0.3 is 0 Å². The van der Waals surface area contributed by atoms with Crippen LogP contribution < -0.4 is 10.6 Å². The van der Waals surface area contributed by atoms with E-state index in [1.807, 2.05) is 27.8 Å². The van der Waals surface area contributed by atoms with Crippen LogP contribution in [-0.4, -0.2) is 24.0 Å². The first kappa shape index (κ1) is 13.5. The molecule has 94 valence electrons. The van der Waals surface area contributed by atoms with E-state index < -0.39 is 0 Å². The lowest BCUT2D eigenvalue weighted by molar-refractivity contribution is -0.130. The van der Waals surface area contributed by atoms with Crippen molar-refractivity contribution in [3.8, 4) is 0 Å². The molecule has 2 atom stereocenters. The van der Waals surface area contributed by atoms with E-state index in [1.54, 1.807) is 0 Å². The van der Waals surface area contributed by atoms with Gasteiger partial charge in [0.05, 0.1) is 5.92 Å². The summed E-state index contributed by atoms with van der Waals surface area (Å²) in [6, 6.07) is 0. The lowest BCUT2D eigenvalue weighted by Gasteiger charge is -2.41. The third-order valence-electron chi connectivity index (χ3n) is 3.59. The molecule has 1 amide bonds. The molecule has 1 fully saturated rings. The van der Waals surface area contributed by atoms with Gasteiger partial charge in [0.15, 0.2) is 0 Å². The molecule has 3 heteroatoms. The second-order valence-electron chi connectivity index (χ2n) is 6.21. The third kappa shape index (κ3) is 3.21. The van der Waals surface area contributed by atoms with E-state index >= 15 is 0 Å². The molecule has 1 rings (SSSR count). The van der Waals surface area contributed by atoms with Gasteiger partial charge in [0.2, 0.25) is 5.91 Å². The highest BCUT2D eigenvalue weighted by atomic mass is 16.2. The topological polar surface area (TPSA) is 41.1 Å². The maximum atomic E-state index is 12.2. The van der Waals surface area contributed by atoms with Crippen LogP contribution in [0.2, 0.25) is 0 Å². The molecule has 16 heavy (non-hydrogen) atoms. The maximum absolute atomic E-state index is 12.2. The van der Waals surface area contributed by atoms with E-state index in [0.717, 1.165) is 12.8 Å². The molecule has 0 saturated heterocycles. The highest BCUT2D eigenvalue weighted by Crippen LogP contribution is 2.33. The fourth-order valence-corrected chi connectivity index (χ4v) is 2.51.